The first kappa shape index (κ1) is 10.2. The third-order valence-electron chi connectivity index (χ3n) is 1.09. The molecule has 0 heterocycles. The van der Waals surface area contributed by atoms with Gasteiger partial charge in [0.15, 0.2) is 0 Å². The number of hydrogen-bond acceptors (Lipinski definition) is 3. The van der Waals surface area contributed by atoms with Crippen LogP contribution in [0.5, 0.6) is 0 Å². The van der Waals surface area contributed by atoms with Gasteiger partial charge in [-0.3, -0.25) is 4.74 Å². The molecule has 0 aromatic rings. The van der Waals surface area contributed by atoms with Crippen molar-refractivity contribution in [3.63, 3.8) is 0 Å². The molecule has 0 aliphatic heterocycles. The minimum Gasteiger partial charge on any atom is -0.297 e. The van der Waals surface area contributed by atoms with Crippen LogP contribution in [0.3, 0.4) is 0 Å². The van der Waals surface area contributed by atoms with Gasteiger partial charge in [-0.1, -0.05) is 6.92 Å². The summed E-state index contributed by atoms with van der Waals surface area (Å²) in [6.07, 6.45) is -3.18. The SMILES string of the molecule is CCC(C)OC(F)(F)N=C=O. The fourth-order valence-electron chi connectivity index (χ4n) is 0.405. The first-order valence-electron chi connectivity index (χ1n) is 3.16. The van der Waals surface area contributed by atoms with E-state index in [2.05, 4.69) is 9.73 Å². The van der Waals surface area contributed by atoms with E-state index in [0.717, 1.165) is 6.08 Å². The molecular weight excluding hydrogens is 156 g/mol. The lowest BCUT2D eigenvalue weighted by Gasteiger charge is -2.14. The number of carbonyl (C=O) groups excluding carboxylic acids is 1. The van der Waals surface area contributed by atoms with Gasteiger partial charge in [-0.25, -0.2) is 4.79 Å². The maximum absolute atomic E-state index is 12.2. The second-order valence-corrected chi connectivity index (χ2v) is 2.03. The molecule has 0 aromatic carbocycles. The fourth-order valence-corrected chi connectivity index (χ4v) is 0.405. The standard InChI is InChI=1S/C6H9F2NO2/c1-3-5(2)11-6(7,8)9-4-10/h5H,3H2,1-2H3. The molecule has 0 spiro atoms. The molecule has 0 saturated carbocycles. The van der Waals surface area contributed by atoms with Crippen molar-refractivity contribution in [3.05, 3.63) is 0 Å². The van der Waals surface area contributed by atoms with E-state index >= 15 is 0 Å². The monoisotopic (exact) mass is 165 g/mol. The molecule has 0 aliphatic rings. The highest BCUT2D eigenvalue weighted by atomic mass is 19.3. The van der Waals surface area contributed by atoms with Gasteiger partial charge in [0.2, 0.25) is 6.08 Å². The molecule has 0 aromatic heterocycles. The fraction of sp³-hybridized carbons (Fsp3) is 0.833. The zero-order chi connectivity index (χ0) is 8.91. The highest BCUT2D eigenvalue weighted by Crippen LogP contribution is 2.19. The van der Waals surface area contributed by atoms with Gasteiger partial charge in [0.1, 0.15) is 0 Å². The quantitative estimate of drug-likeness (QED) is 0.361. The lowest BCUT2D eigenvalue weighted by atomic mass is 10.3. The summed E-state index contributed by atoms with van der Waals surface area (Å²) < 4.78 is 28.5. The third kappa shape index (κ3) is 4.58. The van der Waals surface area contributed by atoms with E-state index < -0.39 is 12.3 Å². The topological polar surface area (TPSA) is 38.7 Å². The van der Waals surface area contributed by atoms with Gasteiger partial charge < -0.3 is 0 Å². The number of nitrogens with zero attached hydrogens (tertiary/aromatic N) is 1. The van der Waals surface area contributed by atoms with Crippen LogP contribution in [0.2, 0.25) is 0 Å². The summed E-state index contributed by atoms with van der Waals surface area (Å²) in [4.78, 5) is 11.6. The Kier molecular flexibility index (Phi) is 3.85. The largest absolute Gasteiger partial charge is 0.477 e. The molecule has 1 atom stereocenters. The smallest absolute Gasteiger partial charge is 0.297 e. The minimum absolute atomic E-state index is 0.434. The third-order valence-corrected chi connectivity index (χ3v) is 1.09. The molecule has 5 heteroatoms. The predicted molar refractivity (Wildman–Crippen MR) is 33.9 cm³/mol. The van der Waals surface area contributed by atoms with E-state index in [1.165, 1.54) is 6.92 Å². The highest BCUT2D eigenvalue weighted by Gasteiger charge is 2.31. The molecule has 0 rings (SSSR count). The van der Waals surface area contributed by atoms with Crippen LogP contribution in [0.15, 0.2) is 4.99 Å². The van der Waals surface area contributed by atoms with Crippen molar-refractivity contribution in [1.29, 1.82) is 0 Å². The first-order chi connectivity index (χ1) is 5.02. The number of hydrogen-bond donors (Lipinski definition) is 0. The normalized spacial score (nSPS) is 13.8. The summed E-state index contributed by atoms with van der Waals surface area (Å²) >= 11 is 0. The van der Waals surface area contributed by atoms with E-state index in [1.54, 1.807) is 6.92 Å². The molecule has 0 fully saturated rings. The molecule has 11 heavy (non-hydrogen) atoms. The molecule has 0 saturated heterocycles. The minimum atomic E-state index is -3.73. The van der Waals surface area contributed by atoms with Crippen LogP contribution in [0.4, 0.5) is 8.78 Å². The van der Waals surface area contributed by atoms with Crippen molar-refractivity contribution >= 4 is 6.08 Å². The van der Waals surface area contributed by atoms with Crippen molar-refractivity contribution < 1.29 is 18.3 Å². The average molecular weight is 165 g/mol. The maximum Gasteiger partial charge on any atom is 0.477 e. The lowest BCUT2D eigenvalue weighted by Crippen LogP contribution is -2.23. The number of aliphatic imine (C=N–C) groups is 1. The zero-order valence-electron chi connectivity index (χ0n) is 6.30. The number of ether oxygens (including phenoxy) is 1. The molecule has 0 amide bonds. The first-order valence-corrected chi connectivity index (χ1v) is 3.16. The summed E-state index contributed by atoms with van der Waals surface area (Å²) in [7, 11) is 0. The Balaban J connectivity index is 4.00. The average Bonchev–Trinajstić information content (AvgIpc) is 1.86. The lowest BCUT2D eigenvalue weighted by molar-refractivity contribution is -0.252. The number of isocyanates is 1. The van der Waals surface area contributed by atoms with Crippen LogP contribution in [0.25, 0.3) is 0 Å². The molecule has 64 valence electrons. The summed E-state index contributed by atoms with van der Waals surface area (Å²) in [6, 6.07) is 0. The predicted octanol–water partition coefficient (Wildman–Crippen LogP) is 1.69. The van der Waals surface area contributed by atoms with Gasteiger partial charge in [-0.05, 0) is 13.3 Å². The van der Waals surface area contributed by atoms with Gasteiger partial charge >= 0.3 is 6.23 Å². The zero-order valence-corrected chi connectivity index (χ0v) is 6.30. The molecule has 0 aliphatic carbocycles. The number of alkyl halides is 2. The van der Waals surface area contributed by atoms with Crippen LogP contribution in [-0.2, 0) is 9.53 Å². The van der Waals surface area contributed by atoms with Crippen LogP contribution < -0.4 is 0 Å². The Hall–Kier alpha value is -0.800. The van der Waals surface area contributed by atoms with Crippen LogP contribution >= 0.6 is 0 Å². The van der Waals surface area contributed by atoms with E-state index in [9.17, 15) is 13.6 Å². The van der Waals surface area contributed by atoms with Crippen molar-refractivity contribution in [3.8, 4) is 0 Å². The Bertz CT molecular complexity index is 166. The molecule has 1 unspecified atom stereocenters. The van der Waals surface area contributed by atoms with Gasteiger partial charge in [-0.15, -0.1) is 4.99 Å². The molecule has 0 radical (unpaired) electrons. The van der Waals surface area contributed by atoms with E-state index in [-0.39, 0.29) is 0 Å². The van der Waals surface area contributed by atoms with Crippen molar-refractivity contribution in [2.45, 2.75) is 32.6 Å². The van der Waals surface area contributed by atoms with E-state index in [0.29, 0.717) is 6.42 Å². The Morgan fingerprint density at radius 3 is 2.64 bits per heavy atom. The van der Waals surface area contributed by atoms with Crippen molar-refractivity contribution in [1.82, 2.24) is 0 Å². The number of halogens is 2. The molecule has 0 N–H and O–H groups in total. The highest BCUT2D eigenvalue weighted by molar-refractivity contribution is 5.33. The molecular formula is C6H9F2NO2. The van der Waals surface area contributed by atoms with Crippen LogP contribution in [0, 0.1) is 0 Å². The Labute approximate surface area is 63.1 Å². The number of rotatable bonds is 4. The van der Waals surface area contributed by atoms with E-state index in [4.69, 9.17) is 0 Å². The van der Waals surface area contributed by atoms with Crippen LogP contribution in [0.1, 0.15) is 20.3 Å². The summed E-state index contributed by atoms with van der Waals surface area (Å²) in [5.74, 6) is 0. The summed E-state index contributed by atoms with van der Waals surface area (Å²) in [5.41, 5.74) is 0. The summed E-state index contributed by atoms with van der Waals surface area (Å²) in [6.45, 7) is 3.15. The second kappa shape index (κ2) is 4.16. The van der Waals surface area contributed by atoms with Gasteiger partial charge in [-0.2, -0.15) is 8.78 Å². The second-order valence-electron chi connectivity index (χ2n) is 2.03. The van der Waals surface area contributed by atoms with Crippen LogP contribution in [-0.4, -0.2) is 18.4 Å². The van der Waals surface area contributed by atoms with Crippen molar-refractivity contribution in [2.24, 2.45) is 4.99 Å². The van der Waals surface area contributed by atoms with Gasteiger partial charge in [0.25, 0.3) is 0 Å². The molecule has 0 bridgehead atoms. The van der Waals surface area contributed by atoms with Gasteiger partial charge in [0, 0.05) is 0 Å². The Morgan fingerprint density at radius 2 is 2.27 bits per heavy atom. The summed E-state index contributed by atoms with van der Waals surface area (Å²) in [5, 5.41) is 0. The maximum atomic E-state index is 12.2. The van der Waals surface area contributed by atoms with E-state index in [1.807, 2.05) is 0 Å². The van der Waals surface area contributed by atoms with Crippen molar-refractivity contribution in [2.75, 3.05) is 0 Å². The molecule has 3 nitrogen and oxygen atoms in total. The van der Waals surface area contributed by atoms with Gasteiger partial charge in [0.05, 0.1) is 6.10 Å². The Morgan fingerprint density at radius 1 is 1.73 bits per heavy atom.